The molecule has 1 aliphatic rings. The Morgan fingerprint density at radius 1 is 1.28 bits per heavy atom. The minimum Gasteiger partial charge on any atom is -0.379 e. The Kier molecular flexibility index (Phi) is 4.71. The monoisotopic (exact) mass is 245 g/mol. The van der Waals surface area contributed by atoms with Crippen LogP contribution >= 0.6 is 0 Å². The Bertz CT molecular complexity index is 404. The van der Waals surface area contributed by atoms with Crippen molar-refractivity contribution in [2.24, 2.45) is 5.73 Å². The fraction of sp³-hybridized carbons (Fsp3) is 0.500. The van der Waals surface area contributed by atoms with Gasteiger partial charge in [-0.1, -0.05) is 12.1 Å². The van der Waals surface area contributed by atoms with Gasteiger partial charge in [-0.05, 0) is 24.1 Å². The highest BCUT2D eigenvalue weighted by Crippen LogP contribution is 2.07. The molecule has 2 rings (SSSR count). The summed E-state index contributed by atoms with van der Waals surface area (Å²) in [6.07, 6.45) is 0.850. The fourth-order valence-electron chi connectivity index (χ4n) is 2.20. The second-order valence-electron chi connectivity index (χ2n) is 4.69. The lowest BCUT2D eigenvalue weighted by Gasteiger charge is -2.29. The summed E-state index contributed by atoms with van der Waals surface area (Å²) in [5, 5.41) is 8.73. The number of nitrogens with two attached hydrogens (primary N) is 1. The number of benzene rings is 1. The second kappa shape index (κ2) is 6.50. The van der Waals surface area contributed by atoms with Gasteiger partial charge >= 0.3 is 0 Å². The van der Waals surface area contributed by atoms with E-state index in [1.807, 2.05) is 24.3 Å². The van der Waals surface area contributed by atoms with Gasteiger partial charge in [0.05, 0.1) is 24.8 Å². The van der Waals surface area contributed by atoms with Crippen molar-refractivity contribution >= 4 is 0 Å². The van der Waals surface area contributed by atoms with Crippen molar-refractivity contribution in [2.45, 2.75) is 12.5 Å². The minimum atomic E-state index is 0.135. The summed E-state index contributed by atoms with van der Waals surface area (Å²) in [5.41, 5.74) is 8.04. The van der Waals surface area contributed by atoms with Crippen molar-refractivity contribution in [1.29, 1.82) is 5.26 Å². The van der Waals surface area contributed by atoms with Crippen LogP contribution in [0.15, 0.2) is 24.3 Å². The number of nitriles is 1. The van der Waals surface area contributed by atoms with E-state index in [9.17, 15) is 0 Å². The summed E-state index contributed by atoms with van der Waals surface area (Å²) in [5.74, 6) is 0. The van der Waals surface area contributed by atoms with Crippen molar-refractivity contribution in [1.82, 2.24) is 4.90 Å². The maximum absolute atomic E-state index is 8.73. The number of nitrogens with zero attached hydrogens (tertiary/aromatic N) is 2. The van der Waals surface area contributed by atoms with Gasteiger partial charge in [-0.15, -0.1) is 0 Å². The molecule has 96 valence electrons. The Hall–Kier alpha value is -1.41. The normalized spacial score (nSPS) is 18.2. The molecule has 0 amide bonds. The van der Waals surface area contributed by atoms with Crippen molar-refractivity contribution in [3.63, 3.8) is 0 Å². The van der Waals surface area contributed by atoms with Gasteiger partial charge < -0.3 is 10.5 Å². The molecule has 0 radical (unpaired) electrons. The Labute approximate surface area is 108 Å². The van der Waals surface area contributed by atoms with Crippen LogP contribution in [0.5, 0.6) is 0 Å². The van der Waals surface area contributed by atoms with Crippen LogP contribution in [0.4, 0.5) is 0 Å². The molecule has 1 aliphatic heterocycles. The summed E-state index contributed by atoms with van der Waals surface area (Å²) in [4.78, 5) is 2.35. The van der Waals surface area contributed by atoms with Crippen LogP contribution in [0.25, 0.3) is 0 Å². The third kappa shape index (κ3) is 3.81. The lowest BCUT2D eigenvalue weighted by molar-refractivity contribution is 0.0353. The zero-order valence-corrected chi connectivity index (χ0v) is 10.5. The molecule has 0 spiro atoms. The molecule has 18 heavy (non-hydrogen) atoms. The molecular formula is C14H19N3O. The van der Waals surface area contributed by atoms with E-state index in [0.29, 0.717) is 5.56 Å². The minimum absolute atomic E-state index is 0.135. The highest BCUT2D eigenvalue weighted by Gasteiger charge is 2.14. The number of hydrogen-bond acceptors (Lipinski definition) is 4. The van der Waals surface area contributed by atoms with Gasteiger partial charge in [0.25, 0.3) is 0 Å². The number of rotatable bonds is 4. The van der Waals surface area contributed by atoms with Crippen LogP contribution in [0.3, 0.4) is 0 Å². The zero-order chi connectivity index (χ0) is 12.8. The summed E-state index contributed by atoms with van der Waals surface area (Å²) >= 11 is 0. The first kappa shape index (κ1) is 13.0. The molecule has 1 heterocycles. The van der Waals surface area contributed by atoms with Crippen LogP contribution in [0.1, 0.15) is 11.1 Å². The highest BCUT2D eigenvalue weighted by molar-refractivity contribution is 5.31. The largest absolute Gasteiger partial charge is 0.379 e. The Balaban J connectivity index is 1.82. The van der Waals surface area contributed by atoms with Gasteiger partial charge in [0.15, 0.2) is 0 Å². The van der Waals surface area contributed by atoms with Crippen LogP contribution in [0.2, 0.25) is 0 Å². The molecule has 0 aliphatic carbocycles. The SMILES string of the molecule is N#Cc1ccc(CC(N)CN2CCOCC2)cc1. The van der Waals surface area contributed by atoms with Gasteiger partial charge in [0.2, 0.25) is 0 Å². The molecule has 0 saturated carbocycles. The summed E-state index contributed by atoms with van der Waals surface area (Å²) in [6, 6.07) is 9.91. The lowest BCUT2D eigenvalue weighted by Crippen LogP contribution is -2.44. The van der Waals surface area contributed by atoms with E-state index in [1.54, 1.807) is 0 Å². The van der Waals surface area contributed by atoms with Crippen molar-refractivity contribution < 1.29 is 4.74 Å². The average molecular weight is 245 g/mol. The van der Waals surface area contributed by atoms with E-state index >= 15 is 0 Å². The molecule has 1 unspecified atom stereocenters. The fourth-order valence-corrected chi connectivity index (χ4v) is 2.20. The first-order valence-electron chi connectivity index (χ1n) is 6.32. The van der Waals surface area contributed by atoms with E-state index < -0.39 is 0 Å². The predicted molar refractivity (Wildman–Crippen MR) is 70.1 cm³/mol. The molecule has 0 aromatic heterocycles. The molecule has 1 aromatic rings. The van der Waals surface area contributed by atoms with Gasteiger partial charge in [-0.2, -0.15) is 5.26 Å². The van der Waals surface area contributed by atoms with Crippen molar-refractivity contribution in [3.05, 3.63) is 35.4 Å². The standard InChI is InChI=1S/C14H19N3O/c15-10-13-3-1-12(2-4-13)9-14(16)11-17-5-7-18-8-6-17/h1-4,14H,5-9,11,16H2. The third-order valence-electron chi connectivity index (χ3n) is 3.18. The van der Waals surface area contributed by atoms with Crippen LogP contribution < -0.4 is 5.73 Å². The number of ether oxygens (including phenoxy) is 1. The van der Waals surface area contributed by atoms with E-state index in [2.05, 4.69) is 11.0 Å². The smallest absolute Gasteiger partial charge is 0.0991 e. The summed E-state index contributed by atoms with van der Waals surface area (Å²) in [6.45, 7) is 4.47. The molecule has 1 fully saturated rings. The van der Waals surface area contributed by atoms with Gasteiger partial charge in [0, 0.05) is 25.7 Å². The Morgan fingerprint density at radius 2 is 1.94 bits per heavy atom. The Morgan fingerprint density at radius 3 is 2.56 bits per heavy atom. The van der Waals surface area contributed by atoms with Crippen molar-refractivity contribution in [2.75, 3.05) is 32.8 Å². The summed E-state index contributed by atoms with van der Waals surface area (Å²) in [7, 11) is 0. The maximum Gasteiger partial charge on any atom is 0.0991 e. The topological polar surface area (TPSA) is 62.3 Å². The first-order chi connectivity index (χ1) is 8.78. The molecule has 2 N–H and O–H groups in total. The second-order valence-corrected chi connectivity index (χ2v) is 4.69. The lowest BCUT2D eigenvalue weighted by atomic mass is 10.0. The quantitative estimate of drug-likeness (QED) is 0.850. The number of morpholine rings is 1. The molecule has 4 heteroatoms. The maximum atomic E-state index is 8.73. The summed E-state index contributed by atoms with van der Waals surface area (Å²) < 4.78 is 5.31. The third-order valence-corrected chi connectivity index (χ3v) is 3.18. The molecule has 1 saturated heterocycles. The van der Waals surface area contributed by atoms with Crippen LogP contribution in [-0.2, 0) is 11.2 Å². The zero-order valence-electron chi connectivity index (χ0n) is 10.5. The van der Waals surface area contributed by atoms with Crippen molar-refractivity contribution in [3.8, 4) is 6.07 Å². The van der Waals surface area contributed by atoms with Gasteiger partial charge in [-0.25, -0.2) is 0 Å². The van der Waals surface area contributed by atoms with Gasteiger partial charge in [0.1, 0.15) is 0 Å². The van der Waals surface area contributed by atoms with E-state index in [0.717, 1.165) is 39.3 Å². The van der Waals surface area contributed by atoms with Gasteiger partial charge in [-0.3, -0.25) is 4.90 Å². The predicted octanol–water partition coefficient (Wildman–Crippen LogP) is 0.760. The molecular weight excluding hydrogens is 226 g/mol. The molecule has 4 nitrogen and oxygen atoms in total. The van der Waals surface area contributed by atoms with E-state index in [-0.39, 0.29) is 6.04 Å². The molecule has 1 atom stereocenters. The highest BCUT2D eigenvalue weighted by atomic mass is 16.5. The van der Waals surface area contributed by atoms with E-state index in [1.165, 1.54) is 5.56 Å². The van der Waals surface area contributed by atoms with E-state index in [4.69, 9.17) is 15.7 Å². The average Bonchev–Trinajstić information content (AvgIpc) is 2.40. The van der Waals surface area contributed by atoms with Crippen LogP contribution in [-0.4, -0.2) is 43.8 Å². The van der Waals surface area contributed by atoms with Crippen LogP contribution in [0, 0.1) is 11.3 Å². The first-order valence-corrected chi connectivity index (χ1v) is 6.32. The number of hydrogen-bond donors (Lipinski definition) is 1. The molecule has 0 bridgehead atoms. The molecule has 1 aromatic carbocycles.